The molecule has 0 aromatic heterocycles. The van der Waals surface area contributed by atoms with E-state index in [9.17, 15) is 0 Å². The van der Waals surface area contributed by atoms with Crippen LogP contribution in [-0.2, 0) is 13.3 Å². The quantitative estimate of drug-likeness (QED) is 0.671. The molecule has 1 saturated heterocycles. The minimum Gasteiger partial charge on any atom is -0.377 e. The minimum absolute atomic E-state index is 0.324. The van der Waals surface area contributed by atoms with Crippen LogP contribution in [0.3, 0.4) is 0 Å². The van der Waals surface area contributed by atoms with Crippen LogP contribution in [-0.4, -0.2) is 54.7 Å². The lowest BCUT2D eigenvalue weighted by atomic mass is 10.2. The summed E-state index contributed by atoms with van der Waals surface area (Å²) in [6, 6.07) is 0.525. The number of rotatable bonds is 5. The number of hydrogen-bond acceptors (Lipinski definition) is 4. The smallest absolute Gasteiger partial charge is 0.377 e. The predicted octanol–water partition coefficient (Wildman–Crippen LogP) is 1.35. The fourth-order valence-electron chi connectivity index (χ4n) is 2.61. The van der Waals surface area contributed by atoms with Crippen LogP contribution >= 0.6 is 0 Å². The maximum Gasteiger partial charge on any atom is 0.504 e. The SMILES string of the molecule is CO[Si](OC)(OC)C(C)C1CCCN1C. The zero-order valence-corrected chi connectivity index (χ0v) is 11.4. The summed E-state index contributed by atoms with van der Waals surface area (Å²) in [7, 11) is 4.75. The Kier molecular flexibility index (Phi) is 4.73. The molecule has 1 rings (SSSR count). The average molecular weight is 233 g/mol. The molecule has 1 aliphatic rings. The van der Waals surface area contributed by atoms with Crippen molar-refractivity contribution < 1.29 is 13.3 Å². The topological polar surface area (TPSA) is 30.9 Å². The van der Waals surface area contributed by atoms with E-state index in [0.717, 1.165) is 6.54 Å². The van der Waals surface area contributed by atoms with Crippen LogP contribution in [0.1, 0.15) is 19.8 Å². The van der Waals surface area contributed by atoms with Crippen LogP contribution in [0, 0.1) is 0 Å². The second-order valence-electron chi connectivity index (χ2n) is 4.19. The van der Waals surface area contributed by atoms with Gasteiger partial charge in [0.15, 0.2) is 0 Å². The van der Waals surface area contributed by atoms with Crippen LogP contribution in [0.25, 0.3) is 0 Å². The van der Waals surface area contributed by atoms with Crippen molar-refractivity contribution in [1.29, 1.82) is 0 Å². The molecule has 0 aromatic carbocycles. The molecule has 4 nitrogen and oxygen atoms in total. The standard InChI is InChI=1S/C10H23NO3Si/c1-9(10-7-6-8-11(10)2)15(12-3,13-4)14-5/h9-10H,6-8H2,1-5H3. The van der Waals surface area contributed by atoms with Gasteiger partial charge in [-0.15, -0.1) is 0 Å². The first kappa shape index (κ1) is 13.1. The fraction of sp³-hybridized carbons (Fsp3) is 1.00. The van der Waals surface area contributed by atoms with Gasteiger partial charge >= 0.3 is 8.80 Å². The van der Waals surface area contributed by atoms with Crippen LogP contribution in [0.2, 0.25) is 5.54 Å². The Balaban J connectivity index is 2.74. The zero-order valence-electron chi connectivity index (χ0n) is 10.4. The highest BCUT2D eigenvalue weighted by atomic mass is 28.4. The highest BCUT2D eigenvalue weighted by Crippen LogP contribution is 2.34. The first-order chi connectivity index (χ1) is 7.11. The molecule has 90 valence electrons. The Bertz CT molecular complexity index is 191. The highest BCUT2D eigenvalue weighted by molar-refractivity contribution is 6.62. The summed E-state index contributed by atoms with van der Waals surface area (Å²) in [6.45, 7) is 3.34. The summed E-state index contributed by atoms with van der Waals surface area (Å²) in [5.41, 5.74) is 0.324. The van der Waals surface area contributed by atoms with E-state index in [2.05, 4.69) is 18.9 Å². The molecule has 2 unspecified atom stereocenters. The highest BCUT2D eigenvalue weighted by Gasteiger charge is 2.49. The molecule has 0 amide bonds. The molecule has 0 aliphatic carbocycles. The Morgan fingerprint density at radius 3 is 2.07 bits per heavy atom. The molecule has 0 bridgehead atoms. The Hall–Kier alpha value is 0.0569. The van der Waals surface area contributed by atoms with Crippen LogP contribution in [0.4, 0.5) is 0 Å². The molecule has 0 N–H and O–H groups in total. The molecule has 0 radical (unpaired) electrons. The third-order valence-electron chi connectivity index (χ3n) is 3.57. The van der Waals surface area contributed by atoms with Gasteiger partial charge in [-0.3, -0.25) is 0 Å². The lowest BCUT2D eigenvalue weighted by molar-refractivity contribution is 0.0991. The lowest BCUT2D eigenvalue weighted by Crippen LogP contribution is -2.52. The second kappa shape index (κ2) is 5.40. The Morgan fingerprint density at radius 1 is 1.20 bits per heavy atom. The van der Waals surface area contributed by atoms with Gasteiger partial charge in [0.1, 0.15) is 0 Å². The molecule has 0 saturated carbocycles. The van der Waals surface area contributed by atoms with Crippen molar-refractivity contribution in [2.24, 2.45) is 0 Å². The summed E-state index contributed by atoms with van der Waals surface area (Å²) in [6.07, 6.45) is 2.47. The molecular formula is C10H23NO3Si. The molecule has 0 spiro atoms. The van der Waals surface area contributed by atoms with Crippen LogP contribution < -0.4 is 0 Å². The monoisotopic (exact) mass is 233 g/mol. The van der Waals surface area contributed by atoms with E-state index in [1.807, 2.05) is 0 Å². The van der Waals surface area contributed by atoms with Crippen molar-refractivity contribution in [1.82, 2.24) is 4.90 Å². The lowest BCUT2D eigenvalue weighted by Gasteiger charge is -2.36. The van der Waals surface area contributed by atoms with E-state index in [1.165, 1.54) is 12.8 Å². The van der Waals surface area contributed by atoms with Crippen LogP contribution in [0.15, 0.2) is 0 Å². The largest absolute Gasteiger partial charge is 0.504 e. The summed E-state index contributed by atoms with van der Waals surface area (Å²) < 4.78 is 16.6. The molecule has 2 atom stereocenters. The van der Waals surface area contributed by atoms with E-state index >= 15 is 0 Å². The van der Waals surface area contributed by atoms with Gasteiger partial charge in [-0.2, -0.15) is 0 Å². The van der Waals surface area contributed by atoms with Crippen molar-refractivity contribution in [2.75, 3.05) is 34.9 Å². The van der Waals surface area contributed by atoms with Gasteiger partial charge < -0.3 is 18.2 Å². The van der Waals surface area contributed by atoms with E-state index in [4.69, 9.17) is 13.3 Å². The molecule has 1 fully saturated rings. The number of hydrogen-bond donors (Lipinski definition) is 0. The van der Waals surface area contributed by atoms with E-state index < -0.39 is 8.80 Å². The molecule has 5 heteroatoms. The van der Waals surface area contributed by atoms with Gasteiger partial charge in [-0.05, 0) is 26.4 Å². The van der Waals surface area contributed by atoms with Crippen molar-refractivity contribution in [3.8, 4) is 0 Å². The third-order valence-corrected chi connectivity index (χ3v) is 6.77. The molecule has 0 aromatic rings. The van der Waals surface area contributed by atoms with Gasteiger partial charge in [0.2, 0.25) is 0 Å². The van der Waals surface area contributed by atoms with Crippen molar-refractivity contribution in [3.05, 3.63) is 0 Å². The molecule has 1 aliphatic heterocycles. The van der Waals surface area contributed by atoms with E-state index in [-0.39, 0.29) is 0 Å². The van der Waals surface area contributed by atoms with E-state index in [1.54, 1.807) is 21.3 Å². The summed E-state index contributed by atoms with van der Waals surface area (Å²) in [5, 5.41) is 0. The summed E-state index contributed by atoms with van der Waals surface area (Å²) in [4.78, 5) is 2.38. The fourth-order valence-corrected chi connectivity index (χ4v) is 5.12. The average Bonchev–Trinajstić information content (AvgIpc) is 2.67. The maximum atomic E-state index is 5.53. The van der Waals surface area contributed by atoms with Gasteiger partial charge in [0.25, 0.3) is 0 Å². The predicted molar refractivity (Wildman–Crippen MR) is 61.9 cm³/mol. The number of likely N-dealkylation sites (tertiary alicyclic amines) is 1. The van der Waals surface area contributed by atoms with Gasteiger partial charge in [0.05, 0.1) is 0 Å². The normalized spacial score (nSPS) is 25.8. The van der Waals surface area contributed by atoms with E-state index in [0.29, 0.717) is 11.6 Å². The molecule has 15 heavy (non-hydrogen) atoms. The van der Waals surface area contributed by atoms with Crippen molar-refractivity contribution >= 4 is 8.80 Å². The summed E-state index contributed by atoms with van der Waals surface area (Å²) >= 11 is 0. The van der Waals surface area contributed by atoms with Gasteiger partial charge in [0, 0.05) is 32.9 Å². The van der Waals surface area contributed by atoms with Gasteiger partial charge in [-0.25, -0.2) is 0 Å². The third kappa shape index (κ3) is 2.42. The first-order valence-electron chi connectivity index (χ1n) is 5.47. The Morgan fingerprint density at radius 2 is 1.73 bits per heavy atom. The van der Waals surface area contributed by atoms with Gasteiger partial charge in [-0.1, -0.05) is 6.92 Å². The van der Waals surface area contributed by atoms with Crippen LogP contribution in [0.5, 0.6) is 0 Å². The second-order valence-corrected chi connectivity index (χ2v) is 7.54. The van der Waals surface area contributed by atoms with Crippen molar-refractivity contribution in [2.45, 2.75) is 31.3 Å². The summed E-state index contributed by atoms with van der Waals surface area (Å²) in [5.74, 6) is 0. The number of nitrogens with zero attached hydrogens (tertiary/aromatic N) is 1. The molecular weight excluding hydrogens is 210 g/mol. The Labute approximate surface area is 93.9 Å². The molecule has 1 heterocycles. The van der Waals surface area contributed by atoms with Crippen molar-refractivity contribution in [3.63, 3.8) is 0 Å². The minimum atomic E-state index is -2.47. The zero-order chi connectivity index (χ0) is 11.5. The maximum absolute atomic E-state index is 5.53. The first-order valence-corrected chi connectivity index (χ1v) is 7.27.